The van der Waals surface area contributed by atoms with Crippen LogP contribution in [0.4, 0.5) is 0 Å². The summed E-state index contributed by atoms with van der Waals surface area (Å²) in [6.07, 6.45) is 8.83. The van der Waals surface area contributed by atoms with Gasteiger partial charge in [-0.25, -0.2) is 9.36 Å². The molecule has 1 saturated carbocycles. The average Bonchev–Trinajstić information content (AvgIpc) is 3.16. The van der Waals surface area contributed by atoms with Crippen molar-refractivity contribution in [3.63, 3.8) is 0 Å². The number of para-hydroxylation sites is 1. The molecule has 4 rings (SSSR count). The van der Waals surface area contributed by atoms with Gasteiger partial charge in [0.05, 0.1) is 5.39 Å². The lowest BCUT2D eigenvalue weighted by atomic mass is 9.92. The molecule has 2 aromatic rings. The second-order valence-electron chi connectivity index (χ2n) is 8.00. The van der Waals surface area contributed by atoms with E-state index in [4.69, 9.17) is 4.42 Å². The van der Waals surface area contributed by atoms with Crippen molar-refractivity contribution in [1.82, 2.24) is 9.47 Å². The Hall–Kier alpha value is -1.88. The van der Waals surface area contributed by atoms with E-state index in [0.29, 0.717) is 23.4 Å². The molecular formula is C21H28N2O3. The lowest BCUT2D eigenvalue weighted by Crippen LogP contribution is -2.38. The highest BCUT2D eigenvalue weighted by molar-refractivity contribution is 5.74. The number of aromatic nitrogens is 1. The van der Waals surface area contributed by atoms with E-state index in [1.54, 1.807) is 24.3 Å². The summed E-state index contributed by atoms with van der Waals surface area (Å²) in [7, 11) is 0. The zero-order valence-corrected chi connectivity index (χ0v) is 15.4. The second kappa shape index (κ2) is 7.78. The first-order valence-corrected chi connectivity index (χ1v) is 10.1. The van der Waals surface area contributed by atoms with E-state index < -0.39 is 5.76 Å². The SMILES string of the molecule is O=c1oc2ccccc2c(=O)n1CCC1CCN(CC2CCCC2)CC1. The van der Waals surface area contributed by atoms with Crippen LogP contribution in [0, 0.1) is 11.8 Å². The van der Waals surface area contributed by atoms with Crippen molar-refractivity contribution in [2.75, 3.05) is 19.6 Å². The predicted octanol–water partition coefficient (Wildman–Crippen LogP) is 3.25. The normalized spacial score (nSPS) is 20.2. The number of rotatable bonds is 5. The minimum atomic E-state index is -0.535. The van der Waals surface area contributed by atoms with Crippen LogP contribution >= 0.6 is 0 Å². The van der Waals surface area contributed by atoms with E-state index in [9.17, 15) is 9.59 Å². The zero-order chi connectivity index (χ0) is 17.9. The van der Waals surface area contributed by atoms with Gasteiger partial charge in [0.15, 0.2) is 0 Å². The van der Waals surface area contributed by atoms with E-state index in [2.05, 4.69) is 4.90 Å². The molecule has 0 spiro atoms. The van der Waals surface area contributed by atoms with Gasteiger partial charge in [-0.3, -0.25) is 4.79 Å². The van der Waals surface area contributed by atoms with Crippen LogP contribution in [0.25, 0.3) is 11.0 Å². The quantitative estimate of drug-likeness (QED) is 0.825. The fraction of sp³-hybridized carbons (Fsp3) is 0.619. The summed E-state index contributed by atoms with van der Waals surface area (Å²) in [5.74, 6) is 0.965. The van der Waals surface area contributed by atoms with Crippen molar-refractivity contribution in [1.29, 1.82) is 0 Å². The molecule has 1 aromatic heterocycles. The lowest BCUT2D eigenvalue weighted by molar-refractivity contribution is 0.154. The van der Waals surface area contributed by atoms with Crippen LogP contribution < -0.4 is 11.3 Å². The molecule has 2 heterocycles. The maximum Gasteiger partial charge on any atom is 0.422 e. The molecule has 1 aromatic carbocycles. The number of fused-ring (bicyclic) bond motifs is 1. The smallest absolute Gasteiger partial charge is 0.409 e. The minimum absolute atomic E-state index is 0.226. The topological polar surface area (TPSA) is 55.5 Å². The summed E-state index contributed by atoms with van der Waals surface area (Å²) in [6.45, 7) is 4.03. The first-order valence-electron chi connectivity index (χ1n) is 10.1. The van der Waals surface area contributed by atoms with Gasteiger partial charge in [-0.15, -0.1) is 0 Å². The van der Waals surface area contributed by atoms with Crippen LogP contribution in [0.5, 0.6) is 0 Å². The highest BCUT2D eigenvalue weighted by atomic mass is 16.4. The highest BCUT2D eigenvalue weighted by Gasteiger charge is 2.23. The van der Waals surface area contributed by atoms with Crippen molar-refractivity contribution >= 4 is 11.0 Å². The Morgan fingerprint density at radius 3 is 2.46 bits per heavy atom. The largest absolute Gasteiger partial charge is 0.422 e. The first-order chi connectivity index (χ1) is 12.7. The van der Waals surface area contributed by atoms with Crippen LogP contribution in [-0.4, -0.2) is 29.1 Å². The third-order valence-corrected chi connectivity index (χ3v) is 6.24. The number of hydrogen-bond acceptors (Lipinski definition) is 4. The predicted molar refractivity (Wildman–Crippen MR) is 102 cm³/mol. The fourth-order valence-corrected chi connectivity index (χ4v) is 4.63. The molecule has 0 bridgehead atoms. The van der Waals surface area contributed by atoms with E-state index in [-0.39, 0.29) is 5.56 Å². The summed E-state index contributed by atoms with van der Waals surface area (Å²) >= 11 is 0. The molecule has 1 saturated heterocycles. The Morgan fingerprint density at radius 2 is 1.69 bits per heavy atom. The van der Waals surface area contributed by atoms with Crippen molar-refractivity contribution in [2.45, 2.75) is 51.5 Å². The molecule has 26 heavy (non-hydrogen) atoms. The molecule has 0 N–H and O–H groups in total. The van der Waals surface area contributed by atoms with Crippen LogP contribution in [0.15, 0.2) is 38.3 Å². The molecule has 0 amide bonds. The van der Waals surface area contributed by atoms with Gasteiger partial charge < -0.3 is 9.32 Å². The summed E-state index contributed by atoms with van der Waals surface area (Å²) in [5, 5.41) is 0.485. The summed E-state index contributed by atoms with van der Waals surface area (Å²) < 4.78 is 6.58. The zero-order valence-electron chi connectivity index (χ0n) is 15.4. The molecule has 0 atom stereocenters. The Kier molecular flexibility index (Phi) is 5.25. The van der Waals surface area contributed by atoms with E-state index >= 15 is 0 Å². The summed E-state index contributed by atoms with van der Waals surface area (Å²) in [4.78, 5) is 27.3. The van der Waals surface area contributed by atoms with E-state index in [1.165, 1.54) is 49.6 Å². The maximum absolute atomic E-state index is 12.6. The molecule has 140 valence electrons. The third-order valence-electron chi connectivity index (χ3n) is 6.24. The van der Waals surface area contributed by atoms with Crippen LogP contribution in [0.2, 0.25) is 0 Å². The summed E-state index contributed by atoms with van der Waals surface area (Å²) in [5.41, 5.74) is 0.148. The van der Waals surface area contributed by atoms with Gasteiger partial charge in [-0.2, -0.15) is 0 Å². The van der Waals surface area contributed by atoms with Gasteiger partial charge in [0.25, 0.3) is 5.56 Å². The van der Waals surface area contributed by atoms with Crippen molar-refractivity contribution in [3.05, 3.63) is 45.2 Å². The van der Waals surface area contributed by atoms with Gasteiger partial charge in [0, 0.05) is 13.1 Å². The van der Waals surface area contributed by atoms with Crippen molar-refractivity contribution in [3.8, 4) is 0 Å². The van der Waals surface area contributed by atoms with Crippen LogP contribution in [-0.2, 0) is 6.54 Å². The third kappa shape index (κ3) is 3.78. The van der Waals surface area contributed by atoms with Gasteiger partial charge >= 0.3 is 5.76 Å². The first kappa shape index (κ1) is 17.5. The number of nitrogens with zero attached hydrogens (tertiary/aromatic N) is 2. The van der Waals surface area contributed by atoms with Gasteiger partial charge in [0.2, 0.25) is 0 Å². The van der Waals surface area contributed by atoms with Crippen molar-refractivity contribution in [2.24, 2.45) is 11.8 Å². The van der Waals surface area contributed by atoms with Crippen LogP contribution in [0.3, 0.4) is 0 Å². The van der Waals surface area contributed by atoms with E-state index in [0.717, 1.165) is 25.4 Å². The van der Waals surface area contributed by atoms with E-state index in [1.807, 2.05) is 0 Å². The lowest BCUT2D eigenvalue weighted by Gasteiger charge is -2.33. The highest BCUT2D eigenvalue weighted by Crippen LogP contribution is 2.28. The minimum Gasteiger partial charge on any atom is -0.409 e. The molecule has 5 heteroatoms. The molecule has 0 unspecified atom stereocenters. The second-order valence-corrected chi connectivity index (χ2v) is 8.00. The number of piperidine rings is 1. The summed E-state index contributed by atoms with van der Waals surface area (Å²) in [6, 6.07) is 6.96. The van der Waals surface area contributed by atoms with Crippen LogP contribution in [0.1, 0.15) is 44.9 Å². The molecule has 2 fully saturated rings. The molecule has 2 aliphatic rings. The molecule has 5 nitrogen and oxygen atoms in total. The molecule has 1 aliphatic heterocycles. The number of benzene rings is 1. The van der Waals surface area contributed by atoms with Gasteiger partial charge in [-0.1, -0.05) is 25.0 Å². The molecule has 0 radical (unpaired) electrons. The van der Waals surface area contributed by atoms with Gasteiger partial charge in [0.1, 0.15) is 5.58 Å². The number of likely N-dealkylation sites (tertiary alicyclic amines) is 1. The monoisotopic (exact) mass is 356 g/mol. The molecular weight excluding hydrogens is 328 g/mol. The Bertz CT molecular complexity index is 855. The fourth-order valence-electron chi connectivity index (χ4n) is 4.63. The maximum atomic E-state index is 12.6. The Labute approximate surface area is 153 Å². The molecule has 1 aliphatic carbocycles. The average molecular weight is 356 g/mol. The van der Waals surface area contributed by atoms with Crippen molar-refractivity contribution < 1.29 is 4.42 Å². The standard InChI is InChI=1S/C21H28N2O3/c24-20-18-7-3-4-8-19(18)26-21(25)23(20)14-11-16-9-12-22(13-10-16)15-17-5-1-2-6-17/h3-4,7-8,16-17H,1-2,5-6,9-15H2. The Morgan fingerprint density at radius 1 is 0.962 bits per heavy atom. The number of hydrogen-bond donors (Lipinski definition) is 0. The Balaban J connectivity index is 1.34. The van der Waals surface area contributed by atoms with Gasteiger partial charge in [-0.05, 0) is 69.2 Å².